The lowest BCUT2D eigenvalue weighted by atomic mass is 9.69. The molecule has 3 unspecified atom stereocenters. The minimum Gasteiger partial charge on any atom is -0.507 e. The number of phenols is 1. The van der Waals surface area contributed by atoms with Gasteiger partial charge in [0.25, 0.3) is 0 Å². The van der Waals surface area contributed by atoms with Crippen molar-refractivity contribution < 1.29 is 43.5 Å². The molecule has 1 spiro atoms. The molecule has 1 aliphatic heterocycles. The molecule has 1 aliphatic carbocycles. The fourth-order valence-corrected chi connectivity index (χ4v) is 5.67. The van der Waals surface area contributed by atoms with E-state index in [2.05, 4.69) is 17.9 Å². The van der Waals surface area contributed by atoms with Gasteiger partial charge in [0, 0.05) is 48.6 Å². The van der Waals surface area contributed by atoms with Gasteiger partial charge in [-0.25, -0.2) is 0 Å². The summed E-state index contributed by atoms with van der Waals surface area (Å²) in [6.45, 7) is 1.90. The maximum Gasteiger partial charge on any atom is 0.231 e. The molecule has 2 aromatic carbocycles. The zero-order chi connectivity index (χ0) is 29.4. The van der Waals surface area contributed by atoms with Crippen molar-refractivity contribution in [2.45, 2.75) is 31.3 Å². The van der Waals surface area contributed by atoms with E-state index >= 15 is 0 Å². The molecule has 214 valence electrons. The van der Waals surface area contributed by atoms with Gasteiger partial charge >= 0.3 is 0 Å². The second-order valence-electron chi connectivity index (χ2n) is 9.52. The van der Waals surface area contributed by atoms with Crippen LogP contribution in [0.3, 0.4) is 0 Å². The zero-order valence-corrected chi connectivity index (χ0v) is 24.0. The Hall–Kier alpha value is -3.57. The molecular weight excluding hydrogens is 562 g/mol. The first-order valence-electron chi connectivity index (χ1n) is 12.4. The molecule has 3 atom stereocenters. The van der Waals surface area contributed by atoms with Crippen LogP contribution in [0, 0.1) is 5.92 Å². The highest BCUT2D eigenvalue weighted by molar-refractivity contribution is 7.80. The maximum absolute atomic E-state index is 14.1. The molecule has 10 nitrogen and oxygen atoms in total. The fraction of sp³-hybridized carbons (Fsp3) is 0.393. The molecule has 3 N–H and O–H groups in total. The Morgan fingerprint density at radius 3 is 2.45 bits per heavy atom. The summed E-state index contributed by atoms with van der Waals surface area (Å²) in [4.78, 5) is 40.6. The van der Waals surface area contributed by atoms with Gasteiger partial charge in [0.05, 0.1) is 21.3 Å². The number of fused-ring (bicyclic) bond motifs is 1. The number of methoxy groups -OCH3 is 3. The number of carbonyl (C=O) groups excluding carboxylic acids is 3. The predicted molar refractivity (Wildman–Crippen MR) is 150 cm³/mol. The Morgan fingerprint density at radius 2 is 1.82 bits per heavy atom. The summed E-state index contributed by atoms with van der Waals surface area (Å²) in [6.07, 6.45) is -0.420. The van der Waals surface area contributed by atoms with E-state index in [1.807, 2.05) is 0 Å². The lowest BCUT2D eigenvalue weighted by Gasteiger charge is -2.38. The summed E-state index contributed by atoms with van der Waals surface area (Å²) >= 11 is 10.6. The molecule has 0 saturated carbocycles. The van der Waals surface area contributed by atoms with Gasteiger partial charge in [0.1, 0.15) is 22.1 Å². The third-order valence-corrected chi connectivity index (χ3v) is 7.87. The van der Waals surface area contributed by atoms with E-state index in [1.54, 1.807) is 6.92 Å². The van der Waals surface area contributed by atoms with Crippen LogP contribution in [-0.4, -0.2) is 66.9 Å². The first-order valence-corrected chi connectivity index (χ1v) is 13.5. The van der Waals surface area contributed by atoms with Gasteiger partial charge in [-0.15, -0.1) is 0 Å². The van der Waals surface area contributed by atoms with E-state index in [4.69, 9.17) is 30.5 Å². The monoisotopic (exact) mass is 591 g/mol. The number of rotatable bonds is 9. The Bertz CT molecular complexity index is 1410. The number of ether oxygens (including phenoxy) is 4. The molecule has 0 saturated heterocycles. The number of thiol groups is 1. The Balaban J connectivity index is 1.93. The zero-order valence-electron chi connectivity index (χ0n) is 22.4. The molecule has 0 aromatic heterocycles. The second kappa shape index (κ2) is 11.5. The van der Waals surface area contributed by atoms with Gasteiger partial charge in [0.2, 0.25) is 17.3 Å². The van der Waals surface area contributed by atoms with Crippen molar-refractivity contribution in [3.63, 3.8) is 0 Å². The molecular formula is C28H30ClNO9S. The van der Waals surface area contributed by atoms with Gasteiger partial charge in [-0.1, -0.05) is 24.6 Å². The molecule has 0 radical (unpaired) electrons. The van der Waals surface area contributed by atoms with Crippen LogP contribution >= 0.6 is 24.2 Å². The Morgan fingerprint density at radius 1 is 1.15 bits per heavy atom. The van der Waals surface area contributed by atoms with Crippen LogP contribution in [0.25, 0.3) is 0 Å². The number of phenolic OH excluding ortho intramolecular Hbond substituents is 1. The number of amides is 1. The van der Waals surface area contributed by atoms with Crippen molar-refractivity contribution in [3.8, 4) is 28.7 Å². The van der Waals surface area contributed by atoms with Crippen LogP contribution < -0.4 is 24.3 Å². The topological polar surface area (TPSA) is 141 Å². The maximum atomic E-state index is 14.1. The molecule has 1 heterocycles. The SMILES string of the molecule is COc1cc(C(CC(=O)NCCS)C2=C(O)C3(Oc4c(Cl)c(OC)cc(OC)c4C3=O)C(C)CC2=O)ccc1O. The largest absolute Gasteiger partial charge is 0.507 e. The molecule has 40 heavy (non-hydrogen) atoms. The van der Waals surface area contributed by atoms with Crippen molar-refractivity contribution in [1.29, 1.82) is 0 Å². The Labute approximate surface area is 241 Å². The van der Waals surface area contributed by atoms with Gasteiger partial charge in [-0.3, -0.25) is 14.4 Å². The van der Waals surface area contributed by atoms with Crippen molar-refractivity contribution in [2.75, 3.05) is 33.6 Å². The standard InChI is InChI=1S/C28H30ClNO9S/c1-13-9-17(32)22(15(11-21(33)30-7-8-40)14-5-6-16(31)18(10-14)36-2)26(34)28(13)27(35)23-19(37-3)12-20(38-4)24(29)25(23)39-28/h5-6,10,12-13,15,31,34,40H,7-9,11H2,1-4H3,(H,30,33). The number of carbonyl (C=O) groups is 3. The van der Waals surface area contributed by atoms with Gasteiger partial charge in [0.15, 0.2) is 28.8 Å². The summed E-state index contributed by atoms with van der Waals surface area (Å²) in [5.74, 6) is -3.31. The summed E-state index contributed by atoms with van der Waals surface area (Å²) in [6, 6.07) is 5.80. The number of nitrogens with one attached hydrogen (secondary N) is 1. The highest BCUT2D eigenvalue weighted by Gasteiger charge is 2.61. The van der Waals surface area contributed by atoms with Crippen LogP contribution in [0.5, 0.6) is 28.7 Å². The minimum atomic E-state index is -2.00. The average molecular weight is 592 g/mol. The van der Waals surface area contributed by atoms with Crippen molar-refractivity contribution >= 4 is 41.7 Å². The van der Waals surface area contributed by atoms with Crippen molar-refractivity contribution in [1.82, 2.24) is 5.32 Å². The molecule has 12 heteroatoms. The molecule has 4 rings (SSSR count). The lowest BCUT2D eigenvalue weighted by Crippen LogP contribution is -2.53. The number of benzene rings is 2. The normalized spacial score (nSPS) is 20.7. The van der Waals surface area contributed by atoms with E-state index < -0.39 is 40.7 Å². The van der Waals surface area contributed by atoms with Crippen molar-refractivity contribution in [3.05, 3.63) is 51.7 Å². The van der Waals surface area contributed by atoms with Crippen LogP contribution in [0.2, 0.25) is 5.02 Å². The molecule has 1 amide bonds. The smallest absolute Gasteiger partial charge is 0.231 e. The highest BCUT2D eigenvalue weighted by atomic mass is 35.5. The number of Topliss-reactive ketones (excluding diaryl/α,β-unsaturated/α-hetero) is 2. The quantitative estimate of drug-likeness (QED) is 0.318. The average Bonchev–Trinajstić information content (AvgIpc) is 3.25. The number of aromatic hydroxyl groups is 1. The number of hydrogen-bond acceptors (Lipinski definition) is 10. The highest BCUT2D eigenvalue weighted by Crippen LogP contribution is 2.55. The third-order valence-electron chi connectivity index (χ3n) is 7.29. The number of halogens is 1. The van der Waals surface area contributed by atoms with Crippen LogP contribution in [0.4, 0.5) is 0 Å². The summed E-state index contributed by atoms with van der Waals surface area (Å²) < 4.78 is 22.2. The number of aliphatic hydroxyl groups is 1. The summed E-state index contributed by atoms with van der Waals surface area (Å²) in [5.41, 5.74) is -1.75. The van der Waals surface area contributed by atoms with Crippen LogP contribution in [-0.2, 0) is 9.59 Å². The van der Waals surface area contributed by atoms with Gasteiger partial charge in [-0.2, -0.15) is 12.6 Å². The van der Waals surface area contributed by atoms with Gasteiger partial charge in [-0.05, 0) is 17.7 Å². The number of hydrogen-bond donors (Lipinski definition) is 4. The Kier molecular flexibility index (Phi) is 8.46. The first kappa shape index (κ1) is 29.4. The van der Waals surface area contributed by atoms with Gasteiger partial charge < -0.3 is 34.5 Å². The van der Waals surface area contributed by atoms with Crippen LogP contribution in [0.15, 0.2) is 35.6 Å². The molecule has 2 aliphatic rings. The van der Waals surface area contributed by atoms with E-state index in [-0.39, 0.29) is 64.3 Å². The van der Waals surface area contributed by atoms with Crippen LogP contribution in [0.1, 0.15) is 41.6 Å². The van der Waals surface area contributed by atoms with E-state index in [0.29, 0.717) is 11.3 Å². The van der Waals surface area contributed by atoms with Crippen molar-refractivity contribution in [2.24, 2.45) is 5.92 Å². The predicted octanol–water partition coefficient (Wildman–Crippen LogP) is 4.03. The fourth-order valence-electron chi connectivity index (χ4n) is 5.29. The first-order chi connectivity index (χ1) is 19.0. The number of allylic oxidation sites excluding steroid dienone is 1. The number of ketones is 2. The summed E-state index contributed by atoms with van der Waals surface area (Å²) in [7, 11) is 4.13. The summed E-state index contributed by atoms with van der Waals surface area (Å²) in [5, 5.41) is 24.7. The minimum absolute atomic E-state index is 0.00734. The molecule has 0 fully saturated rings. The molecule has 2 aromatic rings. The second-order valence-corrected chi connectivity index (χ2v) is 10.3. The van der Waals surface area contributed by atoms with E-state index in [9.17, 15) is 24.6 Å². The molecule has 0 bridgehead atoms. The third kappa shape index (κ3) is 4.71. The number of aliphatic hydroxyl groups excluding tert-OH is 1. The van der Waals surface area contributed by atoms with E-state index in [0.717, 1.165) is 0 Å². The van der Waals surface area contributed by atoms with E-state index in [1.165, 1.54) is 45.6 Å². The lowest BCUT2D eigenvalue weighted by molar-refractivity contribution is -0.121.